The van der Waals surface area contributed by atoms with E-state index < -0.39 is 6.10 Å². The van der Waals surface area contributed by atoms with Gasteiger partial charge in [0.15, 0.2) is 0 Å². The van der Waals surface area contributed by atoms with Gasteiger partial charge in [-0.15, -0.1) is 0 Å². The number of rotatable bonds is 6. The second kappa shape index (κ2) is 9.68. The normalized spacial score (nSPS) is 44.3. The minimum Gasteiger partial charge on any atom is -0.379 e. The predicted octanol–water partition coefficient (Wildman–Crippen LogP) is 0.686. The van der Waals surface area contributed by atoms with Crippen molar-refractivity contribution in [2.24, 2.45) is 23.7 Å². The highest BCUT2D eigenvalue weighted by Crippen LogP contribution is 2.53. The lowest BCUT2D eigenvalue weighted by atomic mass is 9.64. The maximum atomic E-state index is 14.1. The first-order chi connectivity index (χ1) is 16.3. The van der Waals surface area contributed by atoms with Crippen molar-refractivity contribution in [1.82, 2.24) is 10.2 Å². The molecule has 34 heavy (non-hydrogen) atoms. The van der Waals surface area contributed by atoms with Gasteiger partial charge in [0, 0.05) is 38.6 Å². The van der Waals surface area contributed by atoms with Gasteiger partial charge in [-0.3, -0.25) is 9.59 Å². The maximum Gasteiger partial charge on any atom is 0.249 e. The number of carbonyl (C=O) groups excluding carboxylic acids is 2. The number of hydrogen-bond donors (Lipinski definition) is 2. The zero-order valence-corrected chi connectivity index (χ0v) is 21.4. The highest BCUT2D eigenvalue weighted by molar-refractivity contribution is 5.83. The molecular weight excluding hydrogens is 434 g/mol. The highest BCUT2D eigenvalue weighted by atomic mass is 16.5. The Morgan fingerprint density at radius 2 is 1.82 bits per heavy atom. The summed E-state index contributed by atoms with van der Waals surface area (Å²) in [4.78, 5) is 28.8. The largest absolute Gasteiger partial charge is 0.379 e. The number of nitrogens with one attached hydrogen (secondary N) is 1. The van der Waals surface area contributed by atoms with Crippen LogP contribution in [0.2, 0.25) is 0 Å². The van der Waals surface area contributed by atoms with Crippen LogP contribution in [0.1, 0.15) is 59.3 Å². The molecule has 0 aromatic heterocycles. The second-order valence-electron chi connectivity index (χ2n) is 11.6. The van der Waals surface area contributed by atoms with Crippen LogP contribution in [0.5, 0.6) is 0 Å². The van der Waals surface area contributed by atoms with Crippen LogP contribution >= 0.6 is 0 Å². The molecule has 0 aromatic carbocycles. The molecule has 5 rings (SSSR count). The zero-order chi connectivity index (χ0) is 24.1. The average molecular weight is 479 g/mol. The van der Waals surface area contributed by atoms with Gasteiger partial charge in [0.05, 0.1) is 36.8 Å². The standard InChI is InChI=1S/C26H43N3O5/c1-13(2)28-25(30)14(3)34-15-6-8-19-18(12-15)16-10-11-27-22-17-7-9-20(32-4)24(33-5)21(17)26(31)29(19)23(16)22/h13-24,27H,6-12H2,1-5H3,(H,28,30)/p+1/t14-,15?,16?,17?,18?,19?,20?,21?,22?,23?,24?/m0/s1. The molecule has 2 amide bonds. The summed E-state index contributed by atoms with van der Waals surface area (Å²) in [6.07, 6.45) is 5.44. The van der Waals surface area contributed by atoms with Crippen LogP contribution in [0.25, 0.3) is 0 Å². The molecule has 3 N–H and O–H groups in total. The molecular formula is C26H44N3O5+. The minimum absolute atomic E-state index is 0.00727. The third-order valence-electron chi connectivity index (χ3n) is 9.59. The van der Waals surface area contributed by atoms with Crippen molar-refractivity contribution in [3.63, 3.8) is 0 Å². The summed E-state index contributed by atoms with van der Waals surface area (Å²) in [7, 11) is 3.48. The van der Waals surface area contributed by atoms with Gasteiger partial charge >= 0.3 is 0 Å². The highest BCUT2D eigenvalue weighted by Gasteiger charge is 2.66. The Bertz CT molecular complexity index is 778. The van der Waals surface area contributed by atoms with Gasteiger partial charge in [0.1, 0.15) is 12.1 Å². The molecule has 11 atom stereocenters. The van der Waals surface area contributed by atoms with Gasteiger partial charge in [-0.1, -0.05) is 0 Å². The van der Waals surface area contributed by atoms with E-state index in [9.17, 15) is 9.59 Å². The van der Waals surface area contributed by atoms with Crippen molar-refractivity contribution >= 4 is 11.8 Å². The number of hydrogen-bond acceptors (Lipinski definition) is 5. The number of carbonyl (C=O) groups is 2. The van der Waals surface area contributed by atoms with Crippen LogP contribution in [0.4, 0.5) is 0 Å². The van der Waals surface area contributed by atoms with E-state index in [-0.39, 0.29) is 42.2 Å². The lowest BCUT2D eigenvalue weighted by molar-refractivity contribution is -0.713. The van der Waals surface area contributed by atoms with Gasteiger partial charge < -0.3 is 29.7 Å². The summed E-state index contributed by atoms with van der Waals surface area (Å²) >= 11 is 0. The van der Waals surface area contributed by atoms with Crippen LogP contribution in [-0.2, 0) is 23.8 Å². The number of methoxy groups -OCH3 is 2. The molecule has 5 aliphatic rings. The van der Waals surface area contributed by atoms with E-state index in [1.807, 2.05) is 20.8 Å². The summed E-state index contributed by atoms with van der Waals surface area (Å²) in [5.41, 5.74) is 0. The lowest BCUT2D eigenvalue weighted by Crippen LogP contribution is -2.99. The van der Waals surface area contributed by atoms with E-state index in [0.29, 0.717) is 35.7 Å². The van der Waals surface area contributed by atoms with Crippen molar-refractivity contribution in [2.75, 3.05) is 20.8 Å². The van der Waals surface area contributed by atoms with E-state index in [4.69, 9.17) is 14.2 Å². The van der Waals surface area contributed by atoms with Gasteiger partial charge in [0.2, 0.25) is 11.8 Å². The van der Waals surface area contributed by atoms with E-state index in [2.05, 4.69) is 15.5 Å². The van der Waals surface area contributed by atoms with Gasteiger partial charge in [-0.2, -0.15) is 0 Å². The fourth-order valence-corrected chi connectivity index (χ4v) is 8.38. The van der Waals surface area contributed by atoms with E-state index in [1.165, 1.54) is 0 Å². The first kappa shape index (κ1) is 24.5. The van der Waals surface area contributed by atoms with E-state index >= 15 is 0 Å². The fraction of sp³-hybridized carbons (Fsp3) is 0.923. The van der Waals surface area contributed by atoms with Crippen LogP contribution in [0, 0.1) is 23.7 Å². The molecule has 3 heterocycles. The molecule has 192 valence electrons. The van der Waals surface area contributed by atoms with Gasteiger partial charge in [-0.25, -0.2) is 0 Å². The number of piperidine rings is 2. The maximum absolute atomic E-state index is 14.1. The van der Waals surface area contributed by atoms with Gasteiger partial charge in [0.25, 0.3) is 0 Å². The Kier molecular flexibility index (Phi) is 6.97. The quantitative estimate of drug-likeness (QED) is 0.586. The second-order valence-corrected chi connectivity index (χ2v) is 11.6. The third-order valence-corrected chi connectivity index (χ3v) is 9.59. The average Bonchev–Trinajstić information content (AvgIpc) is 3.15. The number of nitrogens with zero attached hydrogens (tertiary/aromatic N) is 1. The first-order valence-corrected chi connectivity index (χ1v) is 13.5. The predicted molar refractivity (Wildman–Crippen MR) is 126 cm³/mol. The Labute approximate surface area is 203 Å². The first-order valence-electron chi connectivity index (χ1n) is 13.5. The molecule has 0 aromatic rings. The van der Waals surface area contributed by atoms with E-state index in [0.717, 1.165) is 45.1 Å². The molecule has 8 nitrogen and oxygen atoms in total. The smallest absolute Gasteiger partial charge is 0.249 e. The summed E-state index contributed by atoms with van der Waals surface area (Å²) in [5.74, 6) is 1.52. The van der Waals surface area contributed by atoms with Crippen LogP contribution < -0.4 is 10.6 Å². The van der Waals surface area contributed by atoms with Crippen LogP contribution in [0.15, 0.2) is 0 Å². The summed E-state index contributed by atoms with van der Waals surface area (Å²) in [5, 5.41) is 5.49. The molecule has 10 unspecified atom stereocenters. The molecule has 2 aliphatic carbocycles. The topological polar surface area (TPSA) is 93.7 Å². The minimum atomic E-state index is -0.446. The Balaban J connectivity index is 1.35. The van der Waals surface area contributed by atoms with Crippen molar-refractivity contribution in [3.05, 3.63) is 0 Å². The Morgan fingerprint density at radius 1 is 1.03 bits per heavy atom. The molecule has 0 bridgehead atoms. The Morgan fingerprint density at radius 3 is 2.53 bits per heavy atom. The fourth-order valence-electron chi connectivity index (χ4n) is 8.38. The van der Waals surface area contributed by atoms with Crippen molar-refractivity contribution in [1.29, 1.82) is 0 Å². The van der Waals surface area contributed by atoms with Gasteiger partial charge in [-0.05, 0) is 64.7 Å². The van der Waals surface area contributed by atoms with Crippen molar-refractivity contribution < 1.29 is 29.1 Å². The molecule has 5 fully saturated rings. The monoisotopic (exact) mass is 478 g/mol. The zero-order valence-electron chi connectivity index (χ0n) is 21.4. The molecule has 3 aliphatic heterocycles. The third kappa shape index (κ3) is 3.98. The van der Waals surface area contributed by atoms with E-state index in [1.54, 1.807) is 14.2 Å². The van der Waals surface area contributed by atoms with Crippen LogP contribution in [0.3, 0.4) is 0 Å². The number of ether oxygens (including phenoxy) is 3. The SMILES string of the molecule is COC1CCC2C3[NH2+]CCC4C5CC(O[C@@H](C)C(=O)NC(C)C)CCC5N(C(=O)C2C1OC)C43. The van der Waals surface area contributed by atoms with Crippen molar-refractivity contribution in [3.8, 4) is 0 Å². The molecule has 0 spiro atoms. The van der Waals surface area contributed by atoms with Crippen LogP contribution in [-0.4, -0.2) is 86.1 Å². The summed E-state index contributed by atoms with van der Waals surface area (Å²) in [6, 6.07) is 1.18. The number of quaternary nitrogens is 1. The molecule has 8 heteroatoms. The summed E-state index contributed by atoms with van der Waals surface area (Å²) < 4.78 is 18.0. The lowest BCUT2D eigenvalue weighted by Gasteiger charge is -2.53. The molecule has 2 saturated carbocycles. The Hall–Kier alpha value is -1.22. The number of nitrogens with two attached hydrogens (primary N) is 1. The summed E-state index contributed by atoms with van der Waals surface area (Å²) in [6.45, 7) is 6.93. The molecule has 3 saturated heterocycles. The number of amides is 2. The molecule has 0 radical (unpaired) electrons. The number of fused-ring (bicyclic) bond motifs is 5. The van der Waals surface area contributed by atoms with Crippen molar-refractivity contribution in [2.45, 2.75) is 108 Å².